The Morgan fingerprint density at radius 1 is 1.24 bits per heavy atom. The summed E-state index contributed by atoms with van der Waals surface area (Å²) >= 11 is 5.96. The van der Waals surface area contributed by atoms with Crippen LogP contribution in [0.3, 0.4) is 0 Å². The number of anilines is 1. The summed E-state index contributed by atoms with van der Waals surface area (Å²) < 4.78 is 0. The zero-order chi connectivity index (χ0) is 12.0. The summed E-state index contributed by atoms with van der Waals surface area (Å²) in [5, 5.41) is 0.486. The Bertz CT molecular complexity index is 459. The van der Waals surface area contributed by atoms with Gasteiger partial charge in [-0.1, -0.05) is 24.4 Å². The minimum Gasteiger partial charge on any atom is -0.398 e. The molecule has 2 aliphatic carbocycles. The van der Waals surface area contributed by atoms with Crippen LogP contribution in [0.1, 0.15) is 36.0 Å². The van der Waals surface area contributed by atoms with E-state index in [1.54, 1.807) is 18.2 Å². The third kappa shape index (κ3) is 1.85. The first-order chi connectivity index (χ1) is 8.18. The molecule has 3 rings (SSSR count). The summed E-state index contributed by atoms with van der Waals surface area (Å²) in [4.78, 5) is 12.3. The van der Waals surface area contributed by atoms with Crippen molar-refractivity contribution in [1.29, 1.82) is 0 Å². The summed E-state index contributed by atoms with van der Waals surface area (Å²) in [6, 6.07) is 5.24. The lowest BCUT2D eigenvalue weighted by molar-refractivity contribution is 0.0956. The lowest BCUT2D eigenvalue weighted by atomic mass is 10.0. The molecule has 2 nitrogen and oxygen atoms in total. The standard InChI is InChI=1S/C14H16ClNO/c15-11-7-8(5-6-12(11)16)14(17)13-9-3-1-2-4-10(9)13/h5-7,9-10,13H,1-4,16H2. The molecule has 0 aromatic heterocycles. The highest BCUT2D eigenvalue weighted by atomic mass is 35.5. The van der Waals surface area contributed by atoms with E-state index in [1.165, 1.54) is 25.7 Å². The summed E-state index contributed by atoms with van der Waals surface area (Å²) in [5.41, 5.74) is 6.92. The Labute approximate surface area is 106 Å². The van der Waals surface area contributed by atoms with Crippen LogP contribution < -0.4 is 5.73 Å². The molecule has 2 N–H and O–H groups in total. The van der Waals surface area contributed by atoms with Gasteiger partial charge in [-0.05, 0) is 42.9 Å². The molecule has 2 saturated carbocycles. The van der Waals surface area contributed by atoms with Crippen LogP contribution in [0.5, 0.6) is 0 Å². The van der Waals surface area contributed by atoms with Crippen molar-refractivity contribution in [3.63, 3.8) is 0 Å². The molecule has 0 aliphatic heterocycles. The van der Waals surface area contributed by atoms with E-state index < -0.39 is 0 Å². The van der Waals surface area contributed by atoms with Gasteiger partial charge in [0.25, 0.3) is 0 Å². The van der Waals surface area contributed by atoms with Gasteiger partial charge in [0.1, 0.15) is 0 Å². The van der Waals surface area contributed by atoms with Crippen molar-refractivity contribution in [2.45, 2.75) is 25.7 Å². The van der Waals surface area contributed by atoms with Gasteiger partial charge in [-0.15, -0.1) is 0 Å². The first kappa shape index (κ1) is 11.1. The predicted octanol–water partition coefficient (Wildman–Crippen LogP) is 3.54. The van der Waals surface area contributed by atoms with Gasteiger partial charge in [0.2, 0.25) is 0 Å². The number of nitrogens with two attached hydrogens (primary N) is 1. The van der Waals surface area contributed by atoms with Gasteiger partial charge in [0, 0.05) is 11.5 Å². The Morgan fingerprint density at radius 3 is 2.47 bits per heavy atom. The molecule has 0 radical (unpaired) electrons. The topological polar surface area (TPSA) is 43.1 Å². The monoisotopic (exact) mass is 249 g/mol. The number of fused-ring (bicyclic) bond motifs is 1. The smallest absolute Gasteiger partial charge is 0.166 e. The van der Waals surface area contributed by atoms with Gasteiger partial charge in [-0.3, -0.25) is 4.79 Å². The lowest BCUT2D eigenvalue weighted by Gasteiger charge is -2.04. The first-order valence-electron chi connectivity index (χ1n) is 6.27. The Hall–Kier alpha value is -1.02. The van der Waals surface area contributed by atoms with E-state index in [1.807, 2.05) is 0 Å². The largest absolute Gasteiger partial charge is 0.398 e. The molecule has 0 saturated heterocycles. The van der Waals surface area contributed by atoms with Crippen molar-refractivity contribution in [2.24, 2.45) is 17.8 Å². The minimum atomic E-state index is 0.261. The van der Waals surface area contributed by atoms with Gasteiger partial charge >= 0.3 is 0 Å². The molecule has 2 fully saturated rings. The number of carbonyl (C=O) groups is 1. The normalized spacial score (nSPS) is 30.8. The van der Waals surface area contributed by atoms with Gasteiger partial charge in [0.05, 0.1) is 10.7 Å². The maximum Gasteiger partial charge on any atom is 0.166 e. The van der Waals surface area contributed by atoms with Crippen molar-refractivity contribution in [2.75, 3.05) is 5.73 Å². The number of rotatable bonds is 2. The fourth-order valence-electron chi connectivity index (χ4n) is 3.25. The maximum absolute atomic E-state index is 12.3. The van der Waals surface area contributed by atoms with Crippen molar-refractivity contribution < 1.29 is 4.79 Å². The van der Waals surface area contributed by atoms with Crippen LogP contribution in [0.4, 0.5) is 5.69 Å². The molecule has 0 bridgehead atoms. The molecule has 3 heteroatoms. The summed E-state index contributed by atoms with van der Waals surface area (Å²) in [7, 11) is 0. The highest BCUT2D eigenvalue weighted by Gasteiger charge is 2.54. The van der Waals surface area contributed by atoms with Gasteiger partial charge < -0.3 is 5.73 Å². The minimum absolute atomic E-state index is 0.261. The van der Waals surface area contributed by atoms with Gasteiger partial charge in [-0.25, -0.2) is 0 Å². The maximum atomic E-state index is 12.3. The number of benzene rings is 1. The van der Waals surface area contributed by atoms with Crippen molar-refractivity contribution in [3.05, 3.63) is 28.8 Å². The van der Waals surface area contributed by atoms with Gasteiger partial charge in [0.15, 0.2) is 5.78 Å². The van der Waals surface area contributed by atoms with Gasteiger partial charge in [-0.2, -0.15) is 0 Å². The molecule has 1 aromatic rings. The molecule has 2 aliphatic rings. The number of halogens is 1. The Balaban J connectivity index is 1.80. The van der Waals surface area contributed by atoms with E-state index in [-0.39, 0.29) is 11.7 Å². The fourth-order valence-corrected chi connectivity index (χ4v) is 3.43. The summed E-state index contributed by atoms with van der Waals surface area (Å²) in [6.07, 6.45) is 5.02. The molecular formula is C14H16ClNO. The second kappa shape index (κ2) is 4.02. The number of hydrogen-bond donors (Lipinski definition) is 1. The quantitative estimate of drug-likeness (QED) is 0.644. The van der Waals surface area contributed by atoms with E-state index in [0.717, 1.165) is 5.56 Å². The number of nitrogen functional groups attached to an aromatic ring is 1. The van der Waals surface area contributed by atoms with E-state index in [2.05, 4.69) is 0 Å². The number of carbonyl (C=O) groups excluding carboxylic acids is 1. The summed E-state index contributed by atoms with van der Waals surface area (Å²) in [5.74, 6) is 1.82. The molecule has 1 aromatic carbocycles. The molecule has 2 atom stereocenters. The van der Waals surface area contributed by atoms with Crippen LogP contribution in [-0.2, 0) is 0 Å². The van der Waals surface area contributed by atoms with Crippen molar-refractivity contribution in [3.8, 4) is 0 Å². The van der Waals surface area contributed by atoms with E-state index in [4.69, 9.17) is 17.3 Å². The molecule has 0 spiro atoms. The molecule has 0 heterocycles. The average Bonchev–Trinajstić information content (AvgIpc) is 3.06. The second-order valence-electron chi connectivity index (χ2n) is 5.24. The average molecular weight is 250 g/mol. The third-order valence-electron chi connectivity index (χ3n) is 4.24. The molecule has 0 amide bonds. The summed E-state index contributed by atoms with van der Waals surface area (Å²) in [6.45, 7) is 0. The van der Waals surface area contributed by atoms with E-state index >= 15 is 0 Å². The van der Waals surface area contributed by atoms with Crippen LogP contribution in [0.25, 0.3) is 0 Å². The molecular weight excluding hydrogens is 234 g/mol. The van der Waals surface area contributed by atoms with E-state index in [9.17, 15) is 4.79 Å². The molecule has 17 heavy (non-hydrogen) atoms. The molecule has 2 unspecified atom stereocenters. The fraction of sp³-hybridized carbons (Fsp3) is 0.500. The lowest BCUT2D eigenvalue weighted by Crippen LogP contribution is -2.04. The highest BCUT2D eigenvalue weighted by Crippen LogP contribution is 2.56. The van der Waals surface area contributed by atoms with E-state index in [0.29, 0.717) is 22.5 Å². The van der Waals surface area contributed by atoms with Crippen molar-refractivity contribution in [1.82, 2.24) is 0 Å². The van der Waals surface area contributed by atoms with Crippen LogP contribution in [0, 0.1) is 17.8 Å². The highest BCUT2D eigenvalue weighted by molar-refractivity contribution is 6.33. The van der Waals surface area contributed by atoms with Crippen LogP contribution in [0.15, 0.2) is 18.2 Å². The number of hydrogen-bond acceptors (Lipinski definition) is 2. The zero-order valence-corrected chi connectivity index (χ0v) is 10.4. The molecule has 90 valence electrons. The van der Waals surface area contributed by atoms with Crippen LogP contribution in [0.2, 0.25) is 5.02 Å². The Kier molecular flexibility index (Phi) is 2.62. The zero-order valence-electron chi connectivity index (χ0n) is 9.66. The van der Waals surface area contributed by atoms with Crippen molar-refractivity contribution >= 4 is 23.1 Å². The van der Waals surface area contributed by atoms with Crippen LogP contribution in [-0.4, -0.2) is 5.78 Å². The third-order valence-corrected chi connectivity index (χ3v) is 4.57. The van der Waals surface area contributed by atoms with Crippen LogP contribution >= 0.6 is 11.6 Å². The number of Topliss-reactive ketones (excluding diaryl/α,β-unsaturated/α-hetero) is 1. The SMILES string of the molecule is Nc1ccc(C(=O)C2C3CCCCC32)cc1Cl. The first-order valence-corrected chi connectivity index (χ1v) is 6.65. The second-order valence-corrected chi connectivity index (χ2v) is 5.65. The number of ketones is 1. The predicted molar refractivity (Wildman–Crippen MR) is 69.1 cm³/mol. The Morgan fingerprint density at radius 2 is 1.88 bits per heavy atom.